The summed E-state index contributed by atoms with van der Waals surface area (Å²) in [4.78, 5) is 28.1. The molecule has 4 rings (SSSR count). The Morgan fingerprint density at radius 2 is 1.51 bits per heavy atom. The van der Waals surface area contributed by atoms with Crippen molar-refractivity contribution in [2.45, 2.75) is 32.4 Å². The van der Waals surface area contributed by atoms with Gasteiger partial charge >= 0.3 is 0 Å². The van der Waals surface area contributed by atoms with E-state index in [2.05, 4.69) is 0 Å². The number of hydrogen-bond donors (Lipinski definition) is 1. The van der Waals surface area contributed by atoms with Gasteiger partial charge in [0.05, 0.1) is 31.9 Å². The summed E-state index contributed by atoms with van der Waals surface area (Å²) in [6.07, 6.45) is 0.474. The molecule has 1 fully saturated rings. The number of ether oxygens (including phenoxy) is 3. The standard InChI is InChI=1S/C30H31NO6/c1-19(2)37-25-7-5-6-22(18-25)28(32)26-27(21-10-14-24(36-4)15-11-21)31(30(34)29(26)33)17-16-20-8-12-23(35-3)13-9-20/h5-15,18-19,27,32H,16-17H2,1-4H3/b28-26-. The lowest BCUT2D eigenvalue weighted by atomic mass is 9.95. The molecule has 0 aromatic heterocycles. The monoisotopic (exact) mass is 501 g/mol. The number of hydrogen-bond acceptors (Lipinski definition) is 6. The van der Waals surface area contributed by atoms with Crippen LogP contribution in [0.3, 0.4) is 0 Å². The van der Waals surface area contributed by atoms with Crippen LogP contribution in [0.15, 0.2) is 78.4 Å². The third-order valence-electron chi connectivity index (χ3n) is 6.25. The van der Waals surface area contributed by atoms with Crippen LogP contribution in [0.25, 0.3) is 5.76 Å². The van der Waals surface area contributed by atoms with Crippen molar-refractivity contribution in [2.75, 3.05) is 20.8 Å². The van der Waals surface area contributed by atoms with Crippen molar-refractivity contribution in [3.8, 4) is 17.2 Å². The van der Waals surface area contributed by atoms with E-state index in [1.165, 1.54) is 4.90 Å². The first-order valence-corrected chi connectivity index (χ1v) is 12.1. The van der Waals surface area contributed by atoms with Gasteiger partial charge in [-0.2, -0.15) is 0 Å². The fourth-order valence-electron chi connectivity index (χ4n) is 4.43. The molecule has 1 saturated heterocycles. The van der Waals surface area contributed by atoms with Crippen LogP contribution in [-0.2, 0) is 16.0 Å². The molecule has 1 N–H and O–H groups in total. The van der Waals surface area contributed by atoms with E-state index in [1.807, 2.05) is 38.1 Å². The van der Waals surface area contributed by atoms with Gasteiger partial charge in [0.1, 0.15) is 23.0 Å². The lowest BCUT2D eigenvalue weighted by molar-refractivity contribution is -0.139. The Labute approximate surface area is 216 Å². The van der Waals surface area contributed by atoms with E-state index in [0.29, 0.717) is 35.6 Å². The van der Waals surface area contributed by atoms with E-state index >= 15 is 0 Å². The van der Waals surface area contributed by atoms with Gasteiger partial charge in [-0.05, 0) is 67.8 Å². The summed E-state index contributed by atoms with van der Waals surface area (Å²) in [5.74, 6) is 0.353. The average Bonchev–Trinajstić information content (AvgIpc) is 3.16. The van der Waals surface area contributed by atoms with Gasteiger partial charge in [-0.3, -0.25) is 9.59 Å². The Morgan fingerprint density at radius 1 is 0.892 bits per heavy atom. The Kier molecular flexibility index (Phi) is 7.82. The maximum atomic E-state index is 13.3. The van der Waals surface area contributed by atoms with E-state index in [-0.39, 0.29) is 17.4 Å². The first-order chi connectivity index (χ1) is 17.8. The second-order valence-electron chi connectivity index (χ2n) is 9.06. The van der Waals surface area contributed by atoms with Crippen molar-refractivity contribution in [3.05, 3.63) is 95.1 Å². The molecule has 0 aliphatic carbocycles. The number of carbonyl (C=O) groups excluding carboxylic acids is 2. The Hall–Kier alpha value is -4.26. The van der Waals surface area contributed by atoms with Crippen molar-refractivity contribution >= 4 is 17.4 Å². The minimum absolute atomic E-state index is 0.0478. The molecule has 1 amide bonds. The molecule has 3 aromatic carbocycles. The van der Waals surface area contributed by atoms with Crippen molar-refractivity contribution in [2.24, 2.45) is 0 Å². The number of likely N-dealkylation sites (tertiary alicyclic amines) is 1. The zero-order valence-corrected chi connectivity index (χ0v) is 21.4. The van der Waals surface area contributed by atoms with Crippen LogP contribution >= 0.6 is 0 Å². The van der Waals surface area contributed by atoms with Crippen molar-refractivity contribution < 1.29 is 28.9 Å². The summed E-state index contributed by atoms with van der Waals surface area (Å²) >= 11 is 0. The van der Waals surface area contributed by atoms with Gasteiger partial charge in [-0.1, -0.05) is 36.4 Å². The van der Waals surface area contributed by atoms with Crippen LogP contribution in [0.1, 0.15) is 36.6 Å². The summed E-state index contributed by atoms with van der Waals surface area (Å²) in [7, 11) is 3.18. The quantitative estimate of drug-likeness (QED) is 0.248. The number of aliphatic hydroxyl groups is 1. The lowest BCUT2D eigenvalue weighted by Gasteiger charge is -2.25. The largest absolute Gasteiger partial charge is 0.507 e. The first-order valence-electron chi connectivity index (χ1n) is 12.1. The zero-order valence-electron chi connectivity index (χ0n) is 21.4. The maximum Gasteiger partial charge on any atom is 0.295 e. The number of methoxy groups -OCH3 is 2. The van der Waals surface area contributed by atoms with Crippen LogP contribution in [0.5, 0.6) is 17.2 Å². The molecule has 37 heavy (non-hydrogen) atoms. The van der Waals surface area contributed by atoms with Crippen LogP contribution in [0.2, 0.25) is 0 Å². The van der Waals surface area contributed by atoms with Gasteiger partial charge in [0.2, 0.25) is 0 Å². The van der Waals surface area contributed by atoms with Gasteiger partial charge < -0.3 is 24.2 Å². The van der Waals surface area contributed by atoms with E-state index in [0.717, 1.165) is 11.3 Å². The van der Waals surface area contributed by atoms with Crippen LogP contribution < -0.4 is 14.2 Å². The molecule has 3 aromatic rings. The predicted octanol–water partition coefficient (Wildman–Crippen LogP) is 5.16. The molecule has 192 valence electrons. The highest BCUT2D eigenvalue weighted by molar-refractivity contribution is 6.46. The molecule has 0 saturated carbocycles. The summed E-state index contributed by atoms with van der Waals surface area (Å²) in [5, 5.41) is 11.3. The number of nitrogens with zero attached hydrogens (tertiary/aromatic N) is 1. The number of amides is 1. The minimum atomic E-state index is -0.751. The molecule has 7 nitrogen and oxygen atoms in total. The molecule has 7 heteroatoms. The Morgan fingerprint density at radius 3 is 2.11 bits per heavy atom. The molecule has 1 atom stereocenters. The molecule has 0 bridgehead atoms. The van der Waals surface area contributed by atoms with E-state index < -0.39 is 17.7 Å². The molecule has 1 aliphatic heterocycles. The number of ketones is 1. The third-order valence-corrected chi connectivity index (χ3v) is 6.25. The van der Waals surface area contributed by atoms with E-state index in [1.54, 1.807) is 62.8 Å². The highest BCUT2D eigenvalue weighted by Gasteiger charge is 2.45. The Bertz CT molecular complexity index is 1290. The SMILES string of the molecule is COc1ccc(CCN2C(=O)C(=O)/C(=C(\O)c3cccc(OC(C)C)c3)C2c2ccc(OC)cc2)cc1. The smallest absolute Gasteiger partial charge is 0.295 e. The summed E-state index contributed by atoms with van der Waals surface area (Å²) in [6, 6.07) is 20.9. The molecule has 0 spiro atoms. The van der Waals surface area contributed by atoms with Gasteiger partial charge in [-0.25, -0.2) is 0 Å². The number of benzene rings is 3. The van der Waals surface area contributed by atoms with Crippen LogP contribution in [0, 0.1) is 0 Å². The van der Waals surface area contributed by atoms with Gasteiger partial charge in [0, 0.05) is 12.1 Å². The average molecular weight is 502 g/mol. The van der Waals surface area contributed by atoms with Crippen molar-refractivity contribution in [1.82, 2.24) is 4.90 Å². The minimum Gasteiger partial charge on any atom is -0.507 e. The molecular formula is C30H31NO6. The molecule has 0 radical (unpaired) electrons. The fourth-order valence-corrected chi connectivity index (χ4v) is 4.43. The third kappa shape index (κ3) is 5.61. The van der Waals surface area contributed by atoms with Crippen LogP contribution in [-0.4, -0.2) is 48.6 Å². The lowest BCUT2D eigenvalue weighted by Crippen LogP contribution is -2.31. The summed E-state index contributed by atoms with van der Waals surface area (Å²) < 4.78 is 16.3. The highest BCUT2D eigenvalue weighted by atomic mass is 16.5. The highest BCUT2D eigenvalue weighted by Crippen LogP contribution is 2.40. The molecular weight excluding hydrogens is 470 g/mol. The normalized spacial score (nSPS) is 16.8. The predicted molar refractivity (Wildman–Crippen MR) is 141 cm³/mol. The van der Waals surface area contributed by atoms with E-state index in [9.17, 15) is 14.7 Å². The van der Waals surface area contributed by atoms with Crippen molar-refractivity contribution in [1.29, 1.82) is 0 Å². The first kappa shape index (κ1) is 25.8. The number of rotatable bonds is 9. The van der Waals surface area contributed by atoms with Gasteiger partial charge in [0.15, 0.2) is 0 Å². The van der Waals surface area contributed by atoms with Gasteiger partial charge in [-0.15, -0.1) is 0 Å². The number of Topliss-reactive ketones (excluding diaryl/α,β-unsaturated/α-hetero) is 1. The van der Waals surface area contributed by atoms with E-state index in [4.69, 9.17) is 14.2 Å². The molecule has 1 aliphatic rings. The topological polar surface area (TPSA) is 85.3 Å². The number of carbonyl (C=O) groups is 2. The number of aliphatic hydroxyl groups excluding tert-OH is 1. The summed E-state index contributed by atoms with van der Waals surface area (Å²) in [5.41, 5.74) is 2.15. The van der Waals surface area contributed by atoms with Gasteiger partial charge in [0.25, 0.3) is 11.7 Å². The second kappa shape index (κ2) is 11.2. The second-order valence-corrected chi connectivity index (χ2v) is 9.06. The van der Waals surface area contributed by atoms with Crippen molar-refractivity contribution in [3.63, 3.8) is 0 Å². The zero-order chi connectivity index (χ0) is 26.5. The summed E-state index contributed by atoms with van der Waals surface area (Å²) in [6.45, 7) is 4.11. The van der Waals surface area contributed by atoms with Crippen LogP contribution in [0.4, 0.5) is 0 Å². The molecule has 1 unspecified atom stereocenters. The maximum absolute atomic E-state index is 13.3. The Balaban J connectivity index is 1.74. The fraction of sp³-hybridized carbons (Fsp3) is 0.267. The molecule has 1 heterocycles.